The first-order valence-electron chi connectivity index (χ1n) is 12.6. The van der Waals surface area contributed by atoms with Gasteiger partial charge in [0.15, 0.2) is 5.82 Å². The SMILES string of the molecule is Cc1cc(OC(CC(C)C)c2ccc(C(=O)NCc3nnn[nH]3)cc2)cc(C)c1-c1ccc(C(F)(F)F)cc1. The van der Waals surface area contributed by atoms with Crippen LogP contribution in [0.15, 0.2) is 60.7 Å². The minimum atomic E-state index is -4.37. The number of hydrogen-bond acceptors (Lipinski definition) is 5. The van der Waals surface area contributed by atoms with Gasteiger partial charge in [-0.05, 0) is 101 Å². The minimum absolute atomic E-state index is 0.188. The number of hydrogen-bond donors (Lipinski definition) is 2. The molecule has 0 aliphatic heterocycles. The lowest BCUT2D eigenvalue weighted by Gasteiger charge is -2.23. The molecule has 1 aromatic heterocycles. The van der Waals surface area contributed by atoms with Crippen LogP contribution in [0.25, 0.3) is 11.1 Å². The van der Waals surface area contributed by atoms with Crippen molar-refractivity contribution in [3.05, 3.63) is 94.3 Å². The van der Waals surface area contributed by atoms with Crippen LogP contribution >= 0.6 is 0 Å². The summed E-state index contributed by atoms with van der Waals surface area (Å²) < 4.78 is 45.4. The lowest BCUT2D eigenvalue weighted by atomic mass is 9.94. The summed E-state index contributed by atoms with van der Waals surface area (Å²) >= 11 is 0. The van der Waals surface area contributed by atoms with Crippen LogP contribution in [0.3, 0.4) is 0 Å². The van der Waals surface area contributed by atoms with Crippen molar-refractivity contribution < 1.29 is 22.7 Å². The first-order chi connectivity index (χ1) is 18.5. The molecule has 10 heteroatoms. The lowest BCUT2D eigenvalue weighted by Crippen LogP contribution is -2.23. The largest absolute Gasteiger partial charge is 0.486 e. The quantitative estimate of drug-likeness (QED) is 0.251. The van der Waals surface area contributed by atoms with E-state index in [1.165, 1.54) is 12.1 Å². The normalized spacial score (nSPS) is 12.4. The molecule has 0 radical (unpaired) electrons. The molecule has 0 aliphatic rings. The molecule has 0 spiro atoms. The highest BCUT2D eigenvalue weighted by atomic mass is 19.4. The Morgan fingerprint density at radius 1 is 1.00 bits per heavy atom. The zero-order chi connectivity index (χ0) is 28.2. The molecule has 0 fully saturated rings. The molecule has 0 saturated heterocycles. The molecule has 204 valence electrons. The number of aromatic amines is 1. The number of carbonyl (C=O) groups is 1. The molecule has 4 aromatic rings. The van der Waals surface area contributed by atoms with Crippen LogP contribution in [-0.2, 0) is 12.7 Å². The van der Waals surface area contributed by atoms with Gasteiger partial charge < -0.3 is 10.1 Å². The number of nitrogens with one attached hydrogen (secondary N) is 2. The Kier molecular flexibility index (Phi) is 8.32. The van der Waals surface area contributed by atoms with E-state index < -0.39 is 11.7 Å². The number of ether oxygens (including phenoxy) is 1. The molecule has 4 rings (SSSR count). The summed E-state index contributed by atoms with van der Waals surface area (Å²) in [5.74, 6) is 1.24. The summed E-state index contributed by atoms with van der Waals surface area (Å²) in [7, 11) is 0. The molecule has 1 amide bonds. The monoisotopic (exact) mass is 537 g/mol. The average molecular weight is 538 g/mol. The highest BCUT2D eigenvalue weighted by Crippen LogP contribution is 2.36. The number of amides is 1. The number of alkyl halides is 3. The smallest absolute Gasteiger partial charge is 0.416 e. The number of aromatic nitrogens is 4. The van der Waals surface area contributed by atoms with E-state index in [1.807, 2.05) is 38.1 Å². The van der Waals surface area contributed by atoms with Crippen LogP contribution in [0, 0.1) is 19.8 Å². The topological polar surface area (TPSA) is 92.8 Å². The van der Waals surface area contributed by atoms with Crippen molar-refractivity contribution in [2.24, 2.45) is 5.92 Å². The summed E-state index contributed by atoms with van der Waals surface area (Å²) in [4.78, 5) is 12.5. The van der Waals surface area contributed by atoms with Gasteiger partial charge in [0.2, 0.25) is 0 Å². The van der Waals surface area contributed by atoms with Gasteiger partial charge >= 0.3 is 6.18 Å². The number of halogens is 3. The average Bonchev–Trinajstić information content (AvgIpc) is 3.40. The van der Waals surface area contributed by atoms with Gasteiger partial charge in [-0.25, -0.2) is 5.10 Å². The molecule has 0 bridgehead atoms. The van der Waals surface area contributed by atoms with E-state index in [2.05, 4.69) is 39.8 Å². The van der Waals surface area contributed by atoms with E-state index >= 15 is 0 Å². The van der Waals surface area contributed by atoms with Crippen molar-refractivity contribution >= 4 is 5.91 Å². The zero-order valence-corrected chi connectivity index (χ0v) is 22.1. The summed E-state index contributed by atoms with van der Waals surface area (Å²) in [6, 6.07) is 16.3. The Morgan fingerprint density at radius 3 is 2.18 bits per heavy atom. The van der Waals surface area contributed by atoms with E-state index in [1.54, 1.807) is 12.1 Å². The van der Waals surface area contributed by atoms with Crippen LogP contribution in [0.5, 0.6) is 5.75 Å². The van der Waals surface area contributed by atoms with Crippen molar-refractivity contribution in [2.45, 2.75) is 52.9 Å². The van der Waals surface area contributed by atoms with Gasteiger partial charge in [0.05, 0.1) is 12.1 Å². The number of benzene rings is 3. The van der Waals surface area contributed by atoms with E-state index in [0.717, 1.165) is 46.4 Å². The second kappa shape index (κ2) is 11.7. The highest BCUT2D eigenvalue weighted by Gasteiger charge is 2.30. The maximum absolute atomic E-state index is 13.0. The number of tetrazole rings is 1. The van der Waals surface area contributed by atoms with Crippen molar-refractivity contribution in [3.8, 4) is 16.9 Å². The first kappa shape index (κ1) is 27.8. The third-order valence-corrected chi connectivity index (χ3v) is 6.32. The predicted molar refractivity (Wildman–Crippen MR) is 141 cm³/mol. The second-order valence-corrected chi connectivity index (χ2v) is 9.90. The van der Waals surface area contributed by atoms with Gasteiger partial charge in [0, 0.05) is 5.56 Å². The van der Waals surface area contributed by atoms with Crippen LogP contribution in [-0.4, -0.2) is 26.5 Å². The fourth-order valence-electron chi connectivity index (χ4n) is 4.49. The van der Waals surface area contributed by atoms with Crippen LogP contribution in [0.4, 0.5) is 13.2 Å². The molecule has 39 heavy (non-hydrogen) atoms. The number of H-pyrrole nitrogens is 1. The minimum Gasteiger partial charge on any atom is -0.486 e. The van der Waals surface area contributed by atoms with E-state index in [9.17, 15) is 18.0 Å². The van der Waals surface area contributed by atoms with Crippen LogP contribution in [0.1, 0.15) is 64.8 Å². The van der Waals surface area contributed by atoms with Crippen LogP contribution in [0.2, 0.25) is 0 Å². The highest BCUT2D eigenvalue weighted by molar-refractivity contribution is 5.94. The summed E-state index contributed by atoms with van der Waals surface area (Å²) in [6.45, 7) is 8.26. The Morgan fingerprint density at radius 2 is 1.64 bits per heavy atom. The molecule has 0 saturated carbocycles. The predicted octanol–water partition coefficient (Wildman–Crippen LogP) is 6.60. The number of carbonyl (C=O) groups excluding carboxylic acids is 1. The molecular formula is C29H30F3N5O2. The molecule has 0 aliphatic carbocycles. The molecule has 1 heterocycles. The number of rotatable bonds is 9. The molecular weight excluding hydrogens is 507 g/mol. The standard InChI is InChI=1S/C29H30F3N5O2/c1-17(2)13-25(20-5-7-22(8-6-20)28(38)33-16-26-34-36-37-35-26)39-24-14-18(3)27(19(4)15-24)21-9-11-23(12-10-21)29(30,31)32/h5-12,14-15,17,25H,13,16H2,1-4H3,(H,33,38)(H,34,35,36,37). The number of aryl methyl sites for hydroxylation is 2. The van der Waals surface area contributed by atoms with Crippen molar-refractivity contribution in [1.82, 2.24) is 25.9 Å². The second-order valence-electron chi connectivity index (χ2n) is 9.90. The Labute approximate surface area is 224 Å². The third kappa shape index (κ3) is 7.01. The van der Waals surface area contributed by atoms with Gasteiger partial charge in [0.25, 0.3) is 5.91 Å². The van der Waals surface area contributed by atoms with Gasteiger partial charge in [-0.3, -0.25) is 4.79 Å². The maximum Gasteiger partial charge on any atom is 0.416 e. The molecule has 7 nitrogen and oxygen atoms in total. The fourth-order valence-corrected chi connectivity index (χ4v) is 4.49. The van der Waals surface area contributed by atoms with Crippen molar-refractivity contribution in [1.29, 1.82) is 0 Å². The lowest BCUT2D eigenvalue weighted by molar-refractivity contribution is -0.137. The Hall–Kier alpha value is -4.21. The van der Waals surface area contributed by atoms with E-state index in [-0.39, 0.29) is 18.6 Å². The molecule has 3 aromatic carbocycles. The Balaban J connectivity index is 1.51. The molecule has 2 N–H and O–H groups in total. The summed E-state index contributed by atoms with van der Waals surface area (Å²) in [5, 5.41) is 16.1. The number of nitrogens with zero attached hydrogens (tertiary/aromatic N) is 3. The maximum atomic E-state index is 13.0. The van der Waals surface area contributed by atoms with E-state index in [0.29, 0.717) is 23.1 Å². The molecule has 1 atom stereocenters. The van der Waals surface area contributed by atoms with Crippen molar-refractivity contribution in [3.63, 3.8) is 0 Å². The summed E-state index contributed by atoms with van der Waals surface area (Å²) in [5.41, 5.74) is 4.17. The van der Waals surface area contributed by atoms with Gasteiger partial charge in [-0.15, -0.1) is 5.10 Å². The zero-order valence-electron chi connectivity index (χ0n) is 22.1. The Bertz CT molecular complexity index is 1380. The van der Waals surface area contributed by atoms with Gasteiger partial charge in [-0.1, -0.05) is 38.1 Å². The van der Waals surface area contributed by atoms with Crippen LogP contribution < -0.4 is 10.1 Å². The van der Waals surface area contributed by atoms with Gasteiger partial charge in [-0.2, -0.15) is 13.2 Å². The van der Waals surface area contributed by atoms with Crippen molar-refractivity contribution in [2.75, 3.05) is 0 Å². The third-order valence-electron chi connectivity index (χ3n) is 6.32. The summed E-state index contributed by atoms with van der Waals surface area (Å²) in [6.07, 6.45) is -3.87. The van der Waals surface area contributed by atoms with Gasteiger partial charge in [0.1, 0.15) is 11.9 Å². The fraction of sp³-hybridized carbons (Fsp3) is 0.310. The van der Waals surface area contributed by atoms with E-state index in [4.69, 9.17) is 4.74 Å². The first-order valence-corrected chi connectivity index (χ1v) is 12.6. The molecule has 1 unspecified atom stereocenters.